The van der Waals surface area contributed by atoms with Gasteiger partial charge in [0.1, 0.15) is 0 Å². The Hall–Kier alpha value is -1.34. The monoisotopic (exact) mass is 324 g/mol. The normalized spacial score (nSPS) is 19.7. The predicted molar refractivity (Wildman–Crippen MR) is 89.0 cm³/mol. The first kappa shape index (κ1) is 17.0. The van der Waals surface area contributed by atoms with Crippen LogP contribution in [-0.4, -0.2) is 58.7 Å². The maximum absolute atomic E-state index is 12.4. The number of aliphatic hydroxyl groups excluding tert-OH is 1. The lowest BCUT2D eigenvalue weighted by Crippen LogP contribution is -2.47. The van der Waals surface area contributed by atoms with E-state index in [1.165, 1.54) is 0 Å². The smallest absolute Gasteiger partial charge is 0.225 e. The highest BCUT2D eigenvalue weighted by Crippen LogP contribution is 2.20. The van der Waals surface area contributed by atoms with Gasteiger partial charge in [-0.2, -0.15) is 11.8 Å². The third-order valence-corrected chi connectivity index (χ3v) is 4.51. The zero-order valence-corrected chi connectivity index (χ0v) is 13.8. The van der Waals surface area contributed by atoms with Crippen LogP contribution in [0.25, 0.3) is 0 Å². The second kappa shape index (κ2) is 8.95. The summed E-state index contributed by atoms with van der Waals surface area (Å²) in [4.78, 5) is 23.0. The Morgan fingerprint density at radius 2 is 2.32 bits per heavy atom. The molecule has 1 aromatic rings. The molecule has 1 fully saturated rings. The molecule has 0 unspecified atom stereocenters. The summed E-state index contributed by atoms with van der Waals surface area (Å²) >= 11 is 1.72. The van der Waals surface area contributed by atoms with Gasteiger partial charge in [0, 0.05) is 25.5 Å². The Balaban J connectivity index is 1.89. The van der Waals surface area contributed by atoms with Crippen LogP contribution < -0.4 is 10.2 Å². The lowest BCUT2D eigenvalue weighted by atomic mass is 9.97. The largest absolute Gasteiger partial charge is 0.394 e. The summed E-state index contributed by atoms with van der Waals surface area (Å²) in [7, 11) is 0. The summed E-state index contributed by atoms with van der Waals surface area (Å²) in [5.41, 5.74) is 0. The van der Waals surface area contributed by atoms with Gasteiger partial charge < -0.3 is 15.3 Å². The van der Waals surface area contributed by atoms with Crippen molar-refractivity contribution in [2.24, 2.45) is 5.92 Å². The van der Waals surface area contributed by atoms with E-state index < -0.39 is 0 Å². The Kier molecular flexibility index (Phi) is 6.92. The fraction of sp³-hybridized carbons (Fsp3) is 0.667. The molecular weight excluding hydrogens is 300 g/mol. The van der Waals surface area contributed by atoms with Crippen LogP contribution in [-0.2, 0) is 4.79 Å². The van der Waals surface area contributed by atoms with Crippen LogP contribution in [0.15, 0.2) is 18.5 Å². The van der Waals surface area contributed by atoms with Crippen molar-refractivity contribution < 1.29 is 9.90 Å². The molecule has 0 spiro atoms. The Bertz CT molecular complexity index is 460. The highest BCUT2D eigenvalue weighted by Gasteiger charge is 2.28. The van der Waals surface area contributed by atoms with Crippen LogP contribution >= 0.6 is 11.8 Å². The minimum atomic E-state index is -0.150. The average Bonchev–Trinajstić information content (AvgIpc) is 2.59. The van der Waals surface area contributed by atoms with Crippen LogP contribution in [0.2, 0.25) is 0 Å². The van der Waals surface area contributed by atoms with Crippen LogP contribution in [0.4, 0.5) is 5.95 Å². The molecule has 1 saturated heterocycles. The lowest BCUT2D eigenvalue weighted by molar-refractivity contribution is -0.126. The second-order valence-electron chi connectivity index (χ2n) is 5.50. The number of piperidine rings is 1. The van der Waals surface area contributed by atoms with Crippen LogP contribution in [0.3, 0.4) is 0 Å². The highest BCUT2D eigenvalue weighted by atomic mass is 32.2. The number of rotatable bonds is 7. The lowest BCUT2D eigenvalue weighted by Gasteiger charge is -2.32. The molecule has 2 heterocycles. The van der Waals surface area contributed by atoms with E-state index in [0.29, 0.717) is 12.5 Å². The molecule has 1 aromatic heterocycles. The average molecular weight is 324 g/mol. The first-order valence-electron chi connectivity index (χ1n) is 7.66. The summed E-state index contributed by atoms with van der Waals surface area (Å²) in [6.45, 7) is 1.50. The van der Waals surface area contributed by atoms with E-state index in [0.717, 1.165) is 31.6 Å². The van der Waals surface area contributed by atoms with E-state index in [-0.39, 0.29) is 24.5 Å². The molecule has 0 aromatic carbocycles. The molecule has 22 heavy (non-hydrogen) atoms. The molecule has 1 amide bonds. The number of amides is 1. The van der Waals surface area contributed by atoms with Gasteiger partial charge in [0.15, 0.2) is 0 Å². The minimum Gasteiger partial charge on any atom is -0.394 e. The Morgan fingerprint density at radius 1 is 1.55 bits per heavy atom. The molecule has 0 bridgehead atoms. The quantitative estimate of drug-likeness (QED) is 0.777. The van der Waals surface area contributed by atoms with Gasteiger partial charge in [-0.3, -0.25) is 4.79 Å². The molecule has 7 heteroatoms. The number of carbonyl (C=O) groups excluding carboxylic acids is 1. The van der Waals surface area contributed by atoms with Crippen molar-refractivity contribution in [3.05, 3.63) is 18.5 Å². The van der Waals surface area contributed by atoms with E-state index in [1.54, 1.807) is 30.2 Å². The van der Waals surface area contributed by atoms with Crippen molar-refractivity contribution in [3.8, 4) is 0 Å². The first-order valence-corrected chi connectivity index (χ1v) is 9.06. The number of thioether (sulfide) groups is 1. The molecule has 0 saturated carbocycles. The number of hydrogen-bond donors (Lipinski definition) is 2. The number of carbonyl (C=O) groups is 1. The predicted octanol–water partition coefficient (Wildman–Crippen LogP) is 0.923. The molecule has 1 aliphatic heterocycles. The summed E-state index contributed by atoms with van der Waals surface area (Å²) in [5, 5.41) is 12.3. The van der Waals surface area contributed by atoms with Crippen LogP contribution in [0.1, 0.15) is 19.3 Å². The Labute approximate surface area is 135 Å². The first-order chi connectivity index (χ1) is 10.7. The van der Waals surface area contributed by atoms with E-state index >= 15 is 0 Å². The van der Waals surface area contributed by atoms with Gasteiger partial charge in [-0.25, -0.2) is 9.97 Å². The third kappa shape index (κ3) is 4.84. The van der Waals surface area contributed by atoms with Crippen molar-refractivity contribution in [1.29, 1.82) is 0 Å². The number of anilines is 1. The summed E-state index contributed by atoms with van der Waals surface area (Å²) in [5.74, 6) is 1.57. The maximum Gasteiger partial charge on any atom is 0.225 e. The second-order valence-corrected chi connectivity index (χ2v) is 6.49. The number of hydrogen-bond acceptors (Lipinski definition) is 6. The van der Waals surface area contributed by atoms with Crippen molar-refractivity contribution in [3.63, 3.8) is 0 Å². The van der Waals surface area contributed by atoms with Crippen molar-refractivity contribution in [2.45, 2.75) is 25.3 Å². The van der Waals surface area contributed by atoms with Gasteiger partial charge in [-0.05, 0) is 37.3 Å². The highest BCUT2D eigenvalue weighted by molar-refractivity contribution is 7.98. The van der Waals surface area contributed by atoms with Crippen LogP contribution in [0, 0.1) is 5.92 Å². The molecule has 2 N–H and O–H groups in total. The summed E-state index contributed by atoms with van der Waals surface area (Å²) < 4.78 is 0. The van der Waals surface area contributed by atoms with Gasteiger partial charge in [0.05, 0.1) is 18.6 Å². The van der Waals surface area contributed by atoms with Crippen molar-refractivity contribution in [1.82, 2.24) is 15.3 Å². The van der Waals surface area contributed by atoms with Gasteiger partial charge >= 0.3 is 0 Å². The van der Waals surface area contributed by atoms with Crippen molar-refractivity contribution in [2.75, 3.05) is 36.6 Å². The topological polar surface area (TPSA) is 78.4 Å². The number of aliphatic hydroxyl groups is 1. The molecule has 2 atom stereocenters. The fourth-order valence-electron chi connectivity index (χ4n) is 2.62. The van der Waals surface area contributed by atoms with E-state index in [2.05, 4.69) is 20.2 Å². The maximum atomic E-state index is 12.4. The molecule has 1 aliphatic rings. The Morgan fingerprint density at radius 3 is 3.00 bits per heavy atom. The number of aromatic nitrogens is 2. The zero-order chi connectivity index (χ0) is 15.8. The molecule has 0 aliphatic carbocycles. The molecule has 0 radical (unpaired) electrons. The minimum absolute atomic E-state index is 0.00939. The van der Waals surface area contributed by atoms with Gasteiger partial charge in [0.25, 0.3) is 0 Å². The van der Waals surface area contributed by atoms with Gasteiger partial charge in [-0.1, -0.05) is 0 Å². The molecule has 2 rings (SSSR count). The van der Waals surface area contributed by atoms with Crippen molar-refractivity contribution >= 4 is 23.6 Å². The molecular formula is C15H24N4O2S. The van der Waals surface area contributed by atoms with Crippen LogP contribution in [0.5, 0.6) is 0 Å². The van der Waals surface area contributed by atoms with Gasteiger partial charge in [-0.15, -0.1) is 0 Å². The van der Waals surface area contributed by atoms with E-state index in [4.69, 9.17) is 0 Å². The summed E-state index contributed by atoms with van der Waals surface area (Å²) in [6, 6.07) is 1.64. The van der Waals surface area contributed by atoms with E-state index in [1.807, 2.05) is 6.26 Å². The number of nitrogens with one attached hydrogen (secondary N) is 1. The number of nitrogens with zero attached hydrogens (tertiary/aromatic N) is 3. The summed E-state index contributed by atoms with van der Waals surface area (Å²) in [6.07, 6.45) is 8.07. The van der Waals surface area contributed by atoms with Gasteiger partial charge in [0.2, 0.25) is 11.9 Å². The third-order valence-electron chi connectivity index (χ3n) is 3.86. The zero-order valence-electron chi connectivity index (χ0n) is 12.9. The SMILES string of the molecule is CSCC[C@@H](CO)NC(=O)[C@H]1CCCN(c2ncccn2)C1. The van der Waals surface area contributed by atoms with E-state index in [9.17, 15) is 9.90 Å². The fourth-order valence-corrected chi connectivity index (χ4v) is 3.14. The molecule has 122 valence electrons. The standard InChI is InChI=1S/C15H24N4O2S/c1-22-9-5-13(11-20)18-14(21)12-4-2-8-19(10-12)15-16-6-3-7-17-15/h3,6-7,12-13,20H,2,4-5,8-11H2,1H3,(H,18,21)/t12-,13-/m0/s1. The molecule has 6 nitrogen and oxygen atoms in total.